The van der Waals surface area contributed by atoms with Crippen LogP contribution in [0.3, 0.4) is 0 Å². The van der Waals surface area contributed by atoms with Crippen molar-refractivity contribution in [2.45, 2.75) is 32.7 Å². The number of hydrogen-bond donors (Lipinski definition) is 0. The van der Waals surface area contributed by atoms with Gasteiger partial charge in [0, 0.05) is 38.2 Å². The maximum absolute atomic E-state index is 13.0. The fraction of sp³-hybridized carbons (Fsp3) is 0.474. The first kappa shape index (κ1) is 16.0. The number of carbonyl (C=O) groups excluding carboxylic acids is 1. The van der Waals surface area contributed by atoms with Crippen LogP contribution in [0.2, 0.25) is 0 Å². The van der Waals surface area contributed by atoms with Gasteiger partial charge < -0.3 is 9.80 Å². The van der Waals surface area contributed by atoms with E-state index in [9.17, 15) is 4.79 Å². The summed E-state index contributed by atoms with van der Waals surface area (Å²) in [5, 5.41) is 0. The lowest BCUT2D eigenvalue weighted by Gasteiger charge is -2.37. The standard InChI is InChI=1S/C19H23N5O/c1-15-12-21-18(22-13-15)23-9-5-19(6-10-23)7-11-24(17(19)25)14-16-4-2-3-8-20-16/h2-4,8,12-13H,5-7,9-11,14H2,1H3. The minimum absolute atomic E-state index is 0.198. The highest BCUT2D eigenvalue weighted by molar-refractivity contribution is 5.85. The van der Waals surface area contributed by atoms with Crippen LogP contribution in [0.4, 0.5) is 5.95 Å². The lowest BCUT2D eigenvalue weighted by atomic mass is 9.77. The number of aryl methyl sites for hydroxylation is 1. The molecule has 130 valence electrons. The molecule has 6 nitrogen and oxygen atoms in total. The van der Waals surface area contributed by atoms with Gasteiger partial charge in [0.15, 0.2) is 0 Å². The van der Waals surface area contributed by atoms with Gasteiger partial charge >= 0.3 is 0 Å². The SMILES string of the molecule is Cc1cnc(N2CCC3(CCN(Cc4ccccn4)C3=O)CC2)nc1. The molecule has 2 saturated heterocycles. The van der Waals surface area contributed by atoms with E-state index in [1.54, 1.807) is 6.20 Å². The number of likely N-dealkylation sites (tertiary alicyclic amines) is 1. The number of pyridine rings is 1. The maximum Gasteiger partial charge on any atom is 0.229 e. The Morgan fingerprint density at radius 2 is 1.76 bits per heavy atom. The number of piperidine rings is 1. The molecule has 0 atom stereocenters. The third-order valence-corrected chi connectivity index (χ3v) is 5.45. The smallest absolute Gasteiger partial charge is 0.229 e. The van der Waals surface area contributed by atoms with Gasteiger partial charge in [0.1, 0.15) is 0 Å². The Balaban J connectivity index is 1.41. The zero-order valence-corrected chi connectivity index (χ0v) is 14.6. The van der Waals surface area contributed by atoms with E-state index in [2.05, 4.69) is 19.9 Å². The number of carbonyl (C=O) groups is 1. The highest BCUT2D eigenvalue weighted by Gasteiger charge is 2.48. The van der Waals surface area contributed by atoms with Gasteiger partial charge in [-0.2, -0.15) is 0 Å². The molecule has 6 heteroatoms. The Bertz CT molecular complexity index is 738. The Morgan fingerprint density at radius 3 is 2.44 bits per heavy atom. The van der Waals surface area contributed by atoms with Gasteiger partial charge in [-0.1, -0.05) is 6.07 Å². The van der Waals surface area contributed by atoms with Crippen LogP contribution in [0.15, 0.2) is 36.8 Å². The molecular weight excluding hydrogens is 314 g/mol. The van der Waals surface area contributed by atoms with Crippen LogP contribution in [0.1, 0.15) is 30.5 Å². The van der Waals surface area contributed by atoms with Crippen molar-refractivity contribution in [3.63, 3.8) is 0 Å². The highest BCUT2D eigenvalue weighted by Crippen LogP contribution is 2.42. The molecule has 2 aromatic heterocycles. The quantitative estimate of drug-likeness (QED) is 0.859. The molecule has 1 amide bonds. The Labute approximate surface area is 147 Å². The number of nitrogens with zero attached hydrogens (tertiary/aromatic N) is 5. The first-order valence-electron chi connectivity index (χ1n) is 8.89. The fourth-order valence-corrected chi connectivity index (χ4v) is 3.88. The Morgan fingerprint density at radius 1 is 1.04 bits per heavy atom. The van der Waals surface area contributed by atoms with E-state index in [-0.39, 0.29) is 5.41 Å². The topological polar surface area (TPSA) is 62.2 Å². The number of anilines is 1. The van der Waals surface area contributed by atoms with Gasteiger partial charge in [0.05, 0.1) is 17.7 Å². The normalized spacial score (nSPS) is 19.6. The summed E-state index contributed by atoms with van der Waals surface area (Å²) in [4.78, 5) is 30.4. The van der Waals surface area contributed by atoms with Crippen molar-refractivity contribution >= 4 is 11.9 Å². The molecule has 2 aliphatic rings. The van der Waals surface area contributed by atoms with Crippen molar-refractivity contribution in [1.29, 1.82) is 0 Å². The predicted octanol–water partition coefficient (Wildman–Crippen LogP) is 2.20. The molecule has 0 saturated carbocycles. The average molecular weight is 337 g/mol. The zero-order valence-electron chi connectivity index (χ0n) is 14.6. The number of amides is 1. The summed E-state index contributed by atoms with van der Waals surface area (Å²) < 4.78 is 0. The van der Waals surface area contributed by atoms with Crippen molar-refractivity contribution in [3.05, 3.63) is 48.0 Å². The Hall–Kier alpha value is -2.50. The summed E-state index contributed by atoms with van der Waals surface area (Å²) >= 11 is 0. The first-order valence-corrected chi connectivity index (χ1v) is 8.89. The van der Waals surface area contributed by atoms with Crippen LogP contribution in [-0.4, -0.2) is 45.4 Å². The van der Waals surface area contributed by atoms with E-state index in [0.717, 1.165) is 56.1 Å². The van der Waals surface area contributed by atoms with Crippen LogP contribution in [0.25, 0.3) is 0 Å². The van der Waals surface area contributed by atoms with Gasteiger partial charge in [0.25, 0.3) is 0 Å². The van der Waals surface area contributed by atoms with Crippen molar-refractivity contribution in [2.24, 2.45) is 5.41 Å². The lowest BCUT2D eigenvalue weighted by molar-refractivity contribution is -0.137. The van der Waals surface area contributed by atoms with Crippen LogP contribution in [0, 0.1) is 12.3 Å². The predicted molar refractivity (Wildman–Crippen MR) is 94.9 cm³/mol. The Kier molecular flexibility index (Phi) is 4.11. The average Bonchev–Trinajstić information content (AvgIpc) is 2.94. The van der Waals surface area contributed by atoms with Gasteiger partial charge in [-0.05, 0) is 43.9 Å². The first-order chi connectivity index (χ1) is 12.2. The highest BCUT2D eigenvalue weighted by atomic mass is 16.2. The van der Waals surface area contributed by atoms with Crippen molar-refractivity contribution in [3.8, 4) is 0 Å². The number of rotatable bonds is 3. The fourth-order valence-electron chi connectivity index (χ4n) is 3.88. The third-order valence-electron chi connectivity index (χ3n) is 5.45. The van der Waals surface area contributed by atoms with Gasteiger partial charge in [-0.3, -0.25) is 9.78 Å². The van der Waals surface area contributed by atoms with Gasteiger partial charge in [-0.25, -0.2) is 9.97 Å². The largest absolute Gasteiger partial charge is 0.341 e. The molecular formula is C19H23N5O. The molecule has 4 rings (SSSR count). The summed E-state index contributed by atoms with van der Waals surface area (Å²) in [6.07, 6.45) is 8.18. The third kappa shape index (κ3) is 3.08. The second-order valence-corrected chi connectivity index (χ2v) is 7.13. The molecule has 25 heavy (non-hydrogen) atoms. The summed E-state index contributed by atoms with van der Waals surface area (Å²) in [7, 11) is 0. The van der Waals surface area contributed by atoms with E-state index in [4.69, 9.17) is 0 Å². The van der Waals surface area contributed by atoms with E-state index < -0.39 is 0 Å². The molecule has 0 radical (unpaired) electrons. The summed E-state index contributed by atoms with van der Waals surface area (Å²) in [5.41, 5.74) is 1.82. The zero-order chi connectivity index (χ0) is 17.3. The minimum Gasteiger partial charge on any atom is -0.341 e. The van der Waals surface area contributed by atoms with E-state index in [1.165, 1.54) is 0 Å². The van der Waals surface area contributed by atoms with Crippen molar-refractivity contribution in [2.75, 3.05) is 24.5 Å². The van der Waals surface area contributed by atoms with Crippen LogP contribution >= 0.6 is 0 Å². The van der Waals surface area contributed by atoms with E-state index >= 15 is 0 Å². The summed E-state index contributed by atoms with van der Waals surface area (Å²) in [5.74, 6) is 1.07. The monoisotopic (exact) mass is 337 g/mol. The summed E-state index contributed by atoms with van der Waals surface area (Å²) in [6.45, 7) is 5.11. The van der Waals surface area contributed by atoms with Crippen molar-refractivity contribution < 1.29 is 4.79 Å². The van der Waals surface area contributed by atoms with E-state index in [1.807, 2.05) is 42.4 Å². The molecule has 0 aromatic carbocycles. The van der Waals surface area contributed by atoms with Crippen molar-refractivity contribution in [1.82, 2.24) is 19.9 Å². The van der Waals surface area contributed by atoms with Crippen LogP contribution in [0.5, 0.6) is 0 Å². The lowest BCUT2D eigenvalue weighted by Crippen LogP contribution is -2.45. The molecule has 2 aliphatic heterocycles. The molecule has 0 N–H and O–H groups in total. The maximum atomic E-state index is 13.0. The van der Waals surface area contributed by atoms with E-state index in [0.29, 0.717) is 12.5 Å². The molecule has 2 aromatic rings. The summed E-state index contributed by atoms with van der Waals surface area (Å²) in [6, 6.07) is 5.86. The van der Waals surface area contributed by atoms with Gasteiger partial charge in [-0.15, -0.1) is 0 Å². The second kappa shape index (κ2) is 6.43. The second-order valence-electron chi connectivity index (χ2n) is 7.13. The van der Waals surface area contributed by atoms with Crippen LogP contribution in [-0.2, 0) is 11.3 Å². The van der Waals surface area contributed by atoms with Gasteiger partial charge in [0.2, 0.25) is 11.9 Å². The minimum atomic E-state index is -0.198. The molecule has 1 spiro atoms. The number of aromatic nitrogens is 3. The molecule has 4 heterocycles. The molecule has 0 bridgehead atoms. The molecule has 0 aliphatic carbocycles. The molecule has 2 fully saturated rings. The number of hydrogen-bond acceptors (Lipinski definition) is 5. The molecule has 0 unspecified atom stereocenters. The van der Waals surface area contributed by atoms with Crippen LogP contribution < -0.4 is 4.90 Å².